The third kappa shape index (κ3) is 5.15. The smallest absolute Gasteiger partial charge is 0.0843 e. The molecule has 1 rings (SSSR count). The second-order valence-corrected chi connectivity index (χ2v) is 4.39. The van der Waals surface area contributed by atoms with E-state index < -0.39 is 0 Å². The molecule has 1 aliphatic heterocycles. The van der Waals surface area contributed by atoms with Crippen molar-refractivity contribution in [1.82, 2.24) is 10.2 Å². The molecule has 1 atom stereocenters. The molecule has 0 saturated carbocycles. The Hall–Kier alpha value is -0.590. The fourth-order valence-corrected chi connectivity index (χ4v) is 2.20. The fraction of sp³-hybridized carbons (Fsp3) is 0.917. The summed E-state index contributed by atoms with van der Waals surface area (Å²) < 4.78 is 0. The molecule has 0 spiro atoms. The number of hydrogen-bond acceptors (Lipinski definition) is 3. The van der Waals surface area contributed by atoms with Crippen LogP contribution in [0.15, 0.2) is 0 Å². The molecule has 1 unspecified atom stereocenters. The van der Waals surface area contributed by atoms with Gasteiger partial charge in [0, 0.05) is 12.6 Å². The standard InChI is InChI=1S/C12H23N3/c1-2-3-4-9-15-10-5-6-12(11-15)14-8-7-13/h12,14H,2-6,8-11H2,1H3. The molecular formula is C12H23N3. The number of piperidine rings is 1. The fourth-order valence-electron chi connectivity index (χ4n) is 2.20. The number of hydrogen-bond donors (Lipinski definition) is 1. The Labute approximate surface area is 93.5 Å². The number of nitrogens with one attached hydrogen (secondary N) is 1. The number of nitriles is 1. The lowest BCUT2D eigenvalue weighted by atomic mass is 10.1. The van der Waals surface area contributed by atoms with Crippen molar-refractivity contribution >= 4 is 0 Å². The molecule has 3 nitrogen and oxygen atoms in total. The summed E-state index contributed by atoms with van der Waals surface area (Å²) in [4.78, 5) is 2.54. The van der Waals surface area contributed by atoms with Crippen LogP contribution in [0.1, 0.15) is 39.0 Å². The molecule has 0 aromatic carbocycles. The van der Waals surface area contributed by atoms with Crippen LogP contribution >= 0.6 is 0 Å². The lowest BCUT2D eigenvalue weighted by Gasteiger charge is -2.32. The predicted octanol–water partition coefficient (Wildman–Crippen LogP) is 1.75. The Bertz CT molecular complexity index is 198. The van der Waals surface area contributed by atoms with Crippen molar-refractivity contribution in [2.75, 3.05) is 26.2 Å². The van der Waals surface area contributed by atoms with Gasteiger partial charge < -0.3 is 10.2 Å². The van der Waals surface area contributed by atoms with Crippen LogP contribution < -0.4 is 5.32 Å². The molecule has 0 aliphatic carbocycles. The van der Waals surface area contributed by atoms with Gasteiger partial charge in [-0.15, -0.1) is 0 Å². The molecule has 1 heterocycles. The highest BCUT2D eigenvalue weighted by atomic mass is 15.2. The molecule has 1 fully saturated rings. The van der Waals surface area contributed by atoms with Crippen molar-refractivity contribution in [3.8, 4) is 6.07 Å². The summed E-state index contributed by atoms with van der Waals surface area (Å²) in [5.74, 6) is 0. The van der Waals surface area contributed by atoms with Crippen molar-refractivity contribution < 1.29 is 0 Å². The van der Waals surface area contributed by atoms with Gasteiger partial charge in [-0.25, -0.2) is 0 Å². The van der Waals surface area contributed by atoms with Gasteiger partial charge in [-0.3, -0.25) is 0 Å². The maximum absolute atomic E-state index is 8.51. The summed E-state index contributed by atoms with van der Waals surface area (Å²) in [6.45, 7) is 6.35. The molecule has 0 bridgehead atoms. The van der Waals surface area contributed by atoms with Crippen LogP contribution in [0.4, 0.5) is 0 Å². The normalized spacial score (nSPS) is 22.5. The molecule has 1 N–H and O–H groups in total. The summed E-state index contributed by atoms with van der Waals surface area (Å²) in [5, 5.41) is 11.8. The zero-order valence-corrected chi connectivity index (χ0v) is 9.84. The Kier molecular flexibility index (Phi) is 6.38. The van der Waals surface area contributed by atoms with Crippen LogP contribution in [0.25, 0.3) is 0 Å². The zero-order chi connectivity index (χ0) is 10.9. The Morgan fingerprint density at radius 2 is 2.33 bits per heavy atom. The summed E-state index contributed by atoms with van der Waals surface area (Å²) in [6, 6.07) is 2.69. The van der Waals surface area contributed by atoms with Crippen LogP contribution in [0.5, 0.6) is 0 Å². The summed E-state index contributed by atoms with van der Waals surface area (Å²) in [6.07, 6.45) is 6.46. The van der Waals surface area contributed by atoms with E-state index in [2.05, 4.69) is 23.2 Å². The van der Waals surface area contributed by atoms with E-state index >= 15 is 0 Å². The first-order valence-electron chi connectivity index (χ1n) is 6.19. The lowest BCUT2D eigenvalue weighted by molar-refractivity contribution is 0.190. The van der Waals surface area contributed by atoms with E-state index in [0.29, 0.717) is 12.6 Å². The summed E-state index contributed by atoms with van der Waals surface area (Å²) >= 11 is 0. The van der Waals surface area contributed by atoms with Gasteiger partial charge in [0.05, 0.1) is 12.6 Å². The highest BCUT2D eigenvalue weighted by molar-refractivity contribution is 4.82. The van der Waals surface area contributed by atoms with E-state index in [-0.39, 0.29) is 0 Å². The van der Waals surface area contributed by atoms with Crippen molar-refractivity contribution in [3.05, 3.63) is 0 Å². The largest absolute Gasteiger partial charge is 0.302 e. The molecule has 15 heavy (non-hydrogen) atoms. The van der Waals surface area contributed by atoms with E-state index in [9.17, 15) is 0 Å². The van der Waals surface area contributed by atoms with Gasteiger partial charge in [0.2, 0.25) is 0 Å². The zero-order valence-electron chi connectivity index (χ0n) is 9.84. The molecule has 86 valence electrons. The van der Waals surface area contributed by atoms with E-state index in [4.69, 9.17) is 5.26 Å². The maximum atomic E-state index is 8.51. The first kappa shape index (κ1) is 12.5. The number of unbranched alkanes of at least 4 members (excludes halogenated alkanes) is 2. The third-order valence-electron chi connectivity index (χ3n) is 3.05. The van der Waals surface area contributed by atoms with Gasteiger partial charge in [-0.1, -0.05) is 19.8 Å². The quantitative estimate of drug-likeness (QED) is 0.535. The topological polar surface area (TPSA) is 39.1 Å². The summed E-state index contributed by atoms with van der Waals surface area (Å²) in [7, 11) is 0. The van der Waals surface area contributed by atoms with Crippen molar-refractivity contribution in [1.29, 1.82) is 5.26 Å². The van der Waals surface area contributed by atoms with Crippen molar-refractivity contribution in [2.45, 2.75) is 45.1 Å². The molecule has 0 aromatic heterocycles. The van der Waals surface area contributed by atoms with Gasteiger partial charge in [0.15, 0.2) is 0 Å². The highest BCUT2D eigenvalue weighted by Gasteiger charge is 2.18. The Morgan fingerprint density at radius 1 is 1.47 bits per heavy atom. The van der Waals surface area contributed by atoms with Crippen molar-refractivity contribution in [2.24, 2.45) is 0 Å². The predicted molar refractivity (Wildman–Crippen MR) is 62.6 cm³/mol. The number of likely N-dealkylation sites (tertiary alicyclic amines) is 1. The van der Waals surface area contributed by atoms with E-state index in [1.54, 1.807) is 0 Å². The number of rotatable bonds is 6. The first-order valence-corrected chi connectivity index (χ1v) is 6.19. The molecule has 3 heteroatoms. The van der Waals surface area contributed by atoms with Crippen LogP contribution in [0.3, 0.4) is 0 Å². The van der Waals surface area contributed by atoms with E-state index in [0.717, 1.165) is 6.54 Å². The monoisotopic (exact) mass is 209 g/mol. The molecule has 1 aliphatic rings. The minimum atomic E-state index is 0.494. The lowest BCUT2D eigenvalue weighted by Crippen LogP contribution is -2.46. The second-order valence-electron chi connectivity index (χ2n) is 4.39. The first-order chi connectivity index (χ1) is 7.36. The van der Waals surface area contributed by atoms with Gasteiger partial charge in [-0.05, 0) is 32.4 Å². The van der Waals surface area contributed by atoms with Gasteiger partial charge in [-0.2, -0.15) is 5.26 Å². The SMILES string of the molecule is CCCCCN1CCCC(NCC#N)C1. The van der Waals surface area contributed by atoms with Crippen LogP contribution in [0, 0.1) is 11.3 Å². The van der Waals surface area contributed by atoms with Crippen LogP contribution in [-0.2, 0) is 0 Å². The molecule has 0 radical (unpaired) electrons. The molecule has 0 aromatic rings. The van der Waals surface area contributed by atoms with Crippen LogP contribution in [0.2, 0.25) is 0 Å². The van der Waals surface area contributed by atoms with Gasteiger partial charge in [0.25, 0.3) is 0 Å². The van der Waals surface area contributed by atoms with E-state index in [1.165, 1.54) is 45.2 Å². The average Bonchev–Trinajstić information content (AvgIpc) is 2.27. The Morgan fingerprint density at radius 3 is 3.07 bits per heavy atom. The highest BCUT2D eigenvalue weighted by Crippen LogP contribution is 2.11. The molecule has 0 amide bonds. The van der Waals surface area contributed by atoms with Gasteiger partial charge >= 0.3 is 0 Å². The summed E-state index contributed by atoms with van der Waals surface area (Å²) in [5.41, 5.74) is 0. The molecule has 1 saturated heterocycles. The van der Waals surface area contributed by atoms with E-state index in [1.807, 2.05) is 0 Å². The van der Waals surface area contributed by atoms with Crippen molar-refractivity contribution in [3.63, 3.8) is 0 Å². The van der Waals surface area contributed by atoms with Gasteiger partial charge in [0.1, 0.15) is 0 Å². The van der Waals surface area contributed by atoms with Crippen LogP contribution in [-0.4, -0.2) is 37.1 Å². The second kappa shape index (κ2) is 7.67. The maximum Gasteiger partial charge on any atom is 0.0843 e. The minimum Gasteiger partial charge on any atom is -0.302 e. The molecular weight excluding hydrogens is 186 g/mol. The average molecular weight is 209 g/mol. The minimum absolute atomic E-state index is 0.494. The third-order valence-corrected chi connectivity index (χ3v) is 3.05. The number of nitrogens with zero attached hydrogens (tertiary/aromatic N) is 2. The Balaban J connectivity index is 2.14.